The molecule has 1 aromatic heterocycles. The first-order valence-corrected chi connectivity index (χ1v) is 7.48. The Labute approximate surface area is 120 Å². The van der Waals surface area contributed by atoms with Gasteiger partial charge in [-0.2, -0.15) is 0 Å². The fourth-order valence-electron chi connectivity index (χ4n) is 2.71. The van der Waals surface area contributed by atoms with E-state index in [0.717, 1.165) is 24.5 Å². The number of nitrogens with zero attached hydrogens (tertiary/aromatic N) is 1. The van der Waals surface area contributed by atoms with Gasteiger partial charge in [0.25, 0.3) is 0 Å². The van der Waals surface area contributed by atoms with Crippen LogP contribution in [0, 0.1) is 0 Å². The van der Waals surface area contributed by atoms with E-state index in [-0.39, 0.29) is 0 Å². The van der Waals surface area contributed by atoms with E-state index in [4.69, 9.17) is 4.42 Å². The molecule has 2 heterocycles. The third-order valence-corrected chi connectivity index (χ3v) is 3.86. The van der Waals surface area contributed by atoms with E-state index < -0.39 is 0 Å². The van der Waals surface area contributed by atoms with E-state index in [1.165, 1.54) is 37.9 Å². The minimum atomic E-state index is 0.735. The largest absolute Gasteiger partial charge is 0.467 e. The first-order valence-electron chi connectivity index (χ1n) is 7.48. The van der Waals surface area contributed by atoms with E-state index in [1.807, 2.05) is 12.1 Å². The first-order chi connectivity index (χ1) is 9.90. The summed E-state index contributed by atoms with van der Waals surface area (Å²) in [5.74, 6) is 0.961. The Balaban J connectivity index is 1.51. The van der Waals surface area contributed by atoms with Gasteiger partial charge in [-0.1, -0.05) is 18.6 Å². The molecular formula is C17H22N2O. The second-order valence-corrected chi connectivity index (χ2v) is 5.47. The van der Waals surface area contributed by atoms with Gasteiger partial charge in [-0.05, 0) is 55.8 Å². The maximum Gasteiger partial charge on any atom is 0.122 e. The van der Waals surface area contributed by atoms with Crippen LogP contribution in [0.3, 0.4) is 0 Å². The van der Waals surface area contributed by atoms with Gasteiger partial charge in [-0.3, -0.25) is 4.90 Å². The lowest BCUT2D eigenvalue weighted by Crippen LogP contribution is -2.29. The molecule has 3 nitrogen and oxygen atoms in total. The third kappa shape index (κ3) is 3.64. The normalized spacial score (nSPS) is 16.2. The van der Waals surface area contributed by atoms with Gasteiger partial charge >= 0.3 is 0 Å². The van der Waals surface area contributed by atoms with Crippen molar-refractivity contribution >= 4 is 5.69 Å². The van der Waals surface area contributed by atoms with E-state index >= 15 is 0 Å². The number of benzene rings is 1. The van der Waals surface area contributed by atoms with Crippen LogP contribution in [0.1, 0.15) is 30.6 Å². The molecule has 3 rings (SSSR count). The van der Waals surface area contributed by atoms with Crippen LogP contribution < -0.4 is 5.32 Å². The number of rotatable bonds is 5. The molecule has 0 atom stereocenters. The summed E-state index contributed by atoms with van der Waals surface area (Å²) in [6, 6.07) is 12.7. The Morgan fingerprint density at radius 3 is 2.50 bits per heavy atom. The number of nitrogens with one attached hydrogen (secondary N) is 1. The van der Waals surface area contributed by atoms with Crippen molar-refractivity contribution in [3.8, 4) is 0 Å². The highest BCUT2D eigenvalue weighted by Crippen LogP contribution is 2.16. The monoisotopic (exact) mass is 270 g/mol. The van der Waals surface area contributed by atoms with Crippen molar-refractivity contribution in [1.82, 2.24) is 4.90 Å². The molecule has 2 aromatic rings. The maximum atomic E-state index is 5.31. The van der Waals surface area contributed by atoms with Crippen LogP contribution in [-0.4, -0.2) is 18.0 Å². The van der Waals surface area contributed by atoms with Crippen molar-refractivity contribution in [2.45, 2.75) is 32.4 Å². The van der Waals surface area contributed by atoms with Crippen molar-refractivity contribution in [2.75, 3.05) is 18.4 Å². The van der Waals surface area contributed by atoms with Crippen LogP contribution in [0.4, 0.5) is 5.69 Å². The molecule has 1 fully saturated rings. The number of hydrogen-bond acceptors (Lipinski definition) is 3. The van der Waals surface area contributed by atoms with Crippen molar-refractivity contribution in [2.24, 2.45) is 0 Å². The summed E-state index contributed by atoms with van der Waals surface area (Å²) < 4.78 is 5.31. The Morgan fingerprint density at radius 2 is 1.80 bits per heavy atom. The van der Waals surface area contributed by atoms with Gasteiger partial charge < -0.3 is 9.73 Å². The fourth-order valence-corrected chi connectivity index (χ4v) is 2.71. The Morgan fingerprint density at radius 1 is 1.00 bits per heavy atom. The zero-order valence-electron chi connectivity index (χ0n) is 11.8. The minimum absolute atomic E-state index is 0.735. The quantitative estimate of drug-likeness (QED) is 0.893. The molecule has 0 amide bonds. The summed E-state index contributed by atoms with van der Waals surface area (Å²) >= 11 is 0. The molecule has 1 aliphatic rings. The average molecular weight is 270 g/mol. The Hall–Kier alpha value is -1.74. The van der Waals surface area contributed by atoms with Gasteiger partial charge in [-0.15, -0.1) is 0 Å². The van der Waals surface area contributed by atoms with Crippen LogP contribution in [0.2, 0.25) is 0 Å². The third-order valence-electron chi connectivity index (χ3n) is 3.86. The molecule has 1 aromatic carbocycles. The van der Waals surface area contributed by atoms with E-state index in [1.54, 1.807) is 6.26 Å². The predicted molar refractivity (Wildman–Crippen MR) is 81.6 cm³/mol. The molecule has 1 aliphatic heterocycles. The van der Waals surface area contributed by atoms with Crippen LogP contribution >= 0.6 is 0 Å². The highest BCUT2D eigenvalue weighted by molar-refractivity contribution is 5.44. The second kappa shape index (κ2) is 6.62. The minimum Gasteiger partial charge on any atom is -0.467 e. The fraction of sp³-hybridized carbons (Fsp3) is 0.412. The topological polar surface area (TPSA) is 28.4 Å². The van der Waals surface area contributed by atoms with Crippen molar-refractivity contribution in [3.63, 3.8) is 0 Å². The van der Waals surface area contributed by atoms with Crippen LogP contribution in [0.25, 0.3) is 0 Å². The number of likely N-dealkylation sites (tertiary alicyclic amines) is 1. The van der Waals surface area contributed by atoms with Gasteiger partial charge in [0, 0.05) is 12.2 Å². The SMILES string of the molecule is c1coc(CNc2ccc(CN3CCCCC3)cc2)c1. The number of piperidine rings is 1. The molecule has 1 N–H and O–H groups in total. The van der Waals surface area contributed by atoms with E-state index in [2.05, 4.69) is 34.5 Å². The first kappa shape index (κ1) is 13.3. The molecule has 0 radical (unpaired) electrons. The molecule has 0 saturated carbocycles. The summed E-state index contributed by atoms with van der Waals surface area (Å²) in [5, 5.41) is 3.37. The molecule has 0 spiro atoms. The summed E-state index contributed by atoms with van der Waals surface area (Å²) in [4.78, 5) is 2.55. The lowest BCUT2D eigenvalue weighted by molar-refractivity contribution is 0.221. The number of furan rings is 1. The Bertz CT molecular complexity index is 498. The zero-order chi connectivity index (χ0) is 13.6. The van der Waals surface area contributed by atoms with E-state index in [9.17, 15) is 0 Å². The molecule has 0 aliphatic carbocycles. The van der Waals surface area contributed by atoms with Crippen LogP contribution in [0.15, 0.2) is 47.1 Å². The highest BCUT2D eigenvalue weighted by Gasteiger charge is 2.10. The van der Waals surface area contributed by atoms with Gasteiger partial charge in [0.2, 0.25) is 0 Å². The van der Waals surface area contributed by atoms with Gasteiger partial charge in [-0.25, -0.2) is 0 Å². The Kier molecular flexibility index (Phi) is 4.38. The highest BCUT2D eigenvalue weighted by atomic mass is 16.3. The molecule has 3 heteroatoms. The summed E-state index contributed by atoms with van der Waals surface area (Å²) in [6.45, 7) is 4.31. The lowest BCUT2D eigenvalue weighted by atomic mass is 10.1. The second-order valence-electron chi connectivity index (χ2n) is 5.47. The van der Waals surface area contributed by atoms with Crippen molar-refractivity contribution in [1.29, 1.82) is 0 Å². The predicted octanol–water partition coefficient (Wildman–Crippen LogP) is 3.88. The van der Waals surface area contributed by atoms with Gasteiger partial charge in [0.15, 0.2) is 0 Å². The molecule has 0 unspecified atom stereocenters. The lowest BCUT2D eigenvalue weighted by Gasteiger charge is -2.26. The maximum absolute atomic E-state index is 5.31. The van der Waals surface area contributed by atoms with Crippen LogP contribution in [0.5, 0.6) is 0 Å². The smallest absolute Gasteiger partial charge is 0.122 e. The molecule has 1 saturated heterocycles. The number of hydrogen-bond donors (Lipinski definition) is 1. The molecule has 106 valence electrons. The molecule has 0 bridgehead atoms. The summed E-state index contributed by atoms with van der Waals surface area (Å²) in [5.41, 5.74) is 2.54. The number of anilines is 1. The van der Waals surface area contributed by atoms with Gasteiger partial charge in [0.05, 0.1) is 12.8 Å². The van der Waals surface area contributed by atoms with Crippen molar-refractivity contribution < 1.29 is 4.42 Å². The zero-order valence-corrected chi connectivity index (χ0v) is 11.8. The summed E-state index contributed by atoms with van der Waals surface area (Å²) in [6.07, 6.45) is 5.80. The average Bonchev–Trinajstić information content (AvgIpc) is 3.01. The molecular weight excluding hydrogens is 248 g/mol. The van der Waals surface area contributed by atoms with E-state index in [0.29, 0.717) is 0 Å². The molecule has 20 heavy (non-hydrogen) atoms. The summed E-state index contributed by atoms with van der Waals surface area (Å²) in [7, 11) is 0. The van der Waals surface area contributed by atoms with Crippen molar-refractivity contribution in [3.05, 3.63) is 54.0 Å². The van der Waals surface area contributed by atoms with Crippen LogP contribution in [-0.2, 0) is 13.1 Å². The van der Waals surface area contributed by atoms with Gasteiger partial charge in [0.1, 0.15) is 5.76 Å². The standard InChI is InChI=1S/C17H22N2O/c1-2-10-19(11-3-1)14-15-6-8-16(9-7-15)18-13-17-5-4-12-20-17/h4-9,12,18H,1-3,10-11,13-14H2.